The van der Waals surface area contributed by atoms with E-state index in [-0.39, 0.29) is 11.2 Å². The van der Waals surface area contributed by atoms with E-state index in [1.165, 1.54) is 11.8 Å². The molecule has 0 aromatic carbocycles. The molecule has 4 rings (SSSR count). The van der Waals surface area contributed by atoms with Crippen LogP contribution < -0.4 is 0 Å². The summed E-state index contributed by atoms with van der Waals surface area (Å²) < 4.78 is 1.87. The molecule has 9 heteroatoms. The van der Waals surface area contributed by atoms with Crippen LogP contribution in [0.4, 0.5) is 0 Å². The van der Waals surface area contributed by atoms with Crippen molar-refractivity contribution in [3.8, 4) is 0 Å². The highest BCUT2D eigenvalue weighted by atomic mass is 32.2. The lowest BCUT2D eigenvalue weighted by molar-refractivity contribution is -0.131. The summed E-state index contributed by atoms with van der Waals surface area (Å²) >= 11 is 1.47. The zero-order valence-electron chi connectivity index (χ0n) is 17.1. The normalized spacial score (nSPS) is 19.2. The van der Waals surface area contributed by atoms with Gasteiger partial charge in [-0.05, 0) is 55.2 Å². The van der Waals surface area contributed by atoms with Crippen LogP contribution in [-0.4, -0.2) is 78.9 Å². The zero-order valence-corrected chi connectivity index (χ0v) is 18.0. The third-order valence-electron chi connectivity index (χ3n) is 5.85. The van der Waals surface area contributed by atoms with E-state index >= 15 is 0 Å². The molecule has 2 aliphatic rings. The van der Waals surface area contributed by atoms with Crippen LogP contribution in [-0.2, 0) is 11.2 Å². The van der Waals surface area contributed by atoms with E-state index in [0.717, 1.165) is 62.6 Å². The van der Waals surface area contributed by atoms with E-state index in [1.807, 2.05) is 41.9 Å². The molecule has 2 aromatic rings. The molecule has 0 radical (unpaired) electrons. The average molecular weight is 416 g/mol. The Kier molecular flexibility index (Phi) is 6.44. The summed E-state index contributed by atoms with van der Waals surface area (Å²) in [6.07, 6.45) is 7.11. The van der Waals surface area contributed by atoms with E-state index in [9.17, 15) is 4.79 Å². The molecular formula is C20H29N7OS. The van der Waals surface area contributed by atoms with Gasteiger partial charge in [0.1, 0.15) is 0 Å². The monoisotopic (exact) mass is 415 g/mol. The first-order chi connectivity index (χ1) is 14.1. The molecule has 1 unspecified atom stereocenters. The van der Waals surface area contributed by atoms with Crippen LogP contribution in [0.2, 0.25) is 0 Å². The maximum Gasteiger partial charge on any atom is 0.235 e. The number of carbonyl (C=O) groups is 1. The van der Waals surface area contributed by atoms with Gasteiger partial charge in [-0.2, -0.15) is 0 Å². The number of pyridine rings is 1. The van der Waals surface area contributed by atoms with Crippen molar-refractivity contribution in [3.05, 3.63) is 30.1 Å². The molecule has 1 saturated heterocycles. The number of tetrazole rings is 1. The lowest BCUT2D eigenvalue weighted by atomic mass is 10.0. The Bertz CT molecular complexity index is 802. The molecule has 156 valence electrons. The van der Waals surface area contributed by atoms with Gasteiger partial charge in [0.2, 0.25) is 11.1 Å². The van der Waals surface area contributed by atoms with Crippen molar-refractivity contribution in [1.82, 2.24) is 35.0 Å². The van der Waals surface area contributed by atoms with Crippen molar-refractivity contribution in [2.24, 2.45) is 0 Å². The number of rotatable bonds is 8. The van der Waals surface area contributed by atoms with Crippen molar-refractivity contribution in [3.63, 3.8) is 0 Å². The van der Waals surface area contributed by atoms with Crippen LogP contribution in [0.15, 0.2) is 29.6 Å². The summed E-state index contributed by atoms with van der Waals surface area (Å²) in [5.74, 6) is 0.160. The topological polar surface area (TPSA) is 80.0 Å². The van der Waals surface area contributed by atoms with E-state index in [4.69, 9.17) is 0 Å². The van der Waals surface area contributed by atoms with Crippen LogP contribution in [0.1, 0.15) is 44.3 Å². The van der Waals surface area contributed by atoms with Crippen LogP contribution in [0, 0.1) is 0 Å². The fourth-order valence-electron chi connectivity index (χ4n) is 3.84. The number of amides is 1. The highest BCUT2D eigenvalue weighted by molar-refractivity contribution is 8.00. The van der Waals surface area contributed by atoms with Crippen LogP contribution in [0.25, 0.3) is 0 Å². The molecule has 8 nitrogen and oxygen atoms in total. The predicted octanol–water partition coefficient (Wildman–Crippen LogP) is 2.05. The first-order valence-corrected chi connectivity index (χ1v) is 11.3. The summed E-state index contributed by atoms with van der Waals surface area (Å²) in [5, 5.41) is 12.5. The summed E-state index contributed by atoms with van der Waals surface area (Å²) in [4.78, 5) is 21.8. The molecule has 1 aliphatic carbocycles. The number of hydrogen-bond acceptors (Lipinski definition) is 7. The number of aromatic nitrogens is 5. The second-order valence-electron chi connectivity index (χ2n) is 7.99. The first kappa shape index (κ1) is 20.3. The third-order valence-corrected chi connectivity index (χ3v) is 6.88. The van der Waals surface area contributed by atoms with Gasteiger partial charge < -0.3 is 9.80 Å². The zero-order chi connectivity index (χ0) is 20.2. The van der Waals surface area contributed by atoms with Gasteiger partial charge in [0.25, 0.3) is 0 Å². The van der Waals surface area contributed by atoms with E-state index in [0.29, 0.717) is 12.1 Å². The van der Waals surface area contributed by atoms with Crippen molar-refractivity contribution in [2.45, 2.75) is 61.5 Å². The Balaban J connectivity index is 1.23. The van der Waals surface area contributed by atoms with Crippen molar-refractivity contribution in [1.29, 1.82) is 0 Å². The standard InChI is InChI=1S/C20H29N7OS/c1-15(29-20-22-23-24-27(20)18-6-7-18)19(28)25(2)17-9-13-26(14-10-17)12-8-16-5-3-4-11-21-16/h3-5,11,15,17-18H,6-10,12-14H2,1-2H3. The smallest absolute Gasteiger partial charge is 0.235 e. The quantitative estimate of drug-likeness (QED) is 0.611. The minimum atomic E-state index is -0.189. The minimum absolute atomic E-state index is 0.160. The van der Waals surface area contributed by atoms with Gasteiger partial charge in [-0.1, -0.05) is 17.8 Å². The second-order valence-corrected chi connectivity index (χ2v) is 9.30. The van der Waals surface area contributed by atoms with Crippen molar-refractivity contribution >= 4 is 17.7 Å². The molecule has 0 spiro atoms. The first-order valence-electron chi connectivity index (χ1n) is 10.5. The van der Waals surface area contributed by atoms with Gasteiger partial charge in [0, 0.05) is 51.0 Å². The number of likely N-dealkylation sites (tertiary alicyclic amines) is 1. The molecule has 1 aliphatic heterocycles. The maximum absolute atomic E-state index is 13.0. The highest BCUT2D eigenvalue weighted by Gasteiger charge is 2.32. The number of nitrogens with zero attached hydrogens (tertiary/aromatic N) is 7. The predicted molar refractivity (Wildman–Crippen MR) is 112 cm³/mol. The average Bonchev–Trinajstić information content (AvgIpc) is 3.51. The molecule has 2 fully saturated rings. The molecule has 1 saturated carbocycles. The van der Waals surface area contributed by atoms with Crippen molar-refractivity contribution < 1.29 is 4.79 Å². The Hall–Kier alpha value is -2.00. The number of hydrogen-bond donors (Lipinski definition) is 0. The lowest BCUT2D eigenvalue weighted by Gasteiger charge is -2.37. The number of carbonyl (C=O) groups excluding carboxylic acids is 1. The van der Waals surface area contributed by atoms with Crippen LogP contribution in [0.3, 0.4) is 0 Å². The van der Waals surface area contributed by atoms with Gasteiger partial charge in [-0.3, -0.25) is 9.78 Å². The van der Waals surface area contributed by atoms with E-state index in [1.54, 1.807) is 0 Å². The number of thioether (sulfide) groups is 1. The van der Waals surface area contributed by atoms with Gasteiger partial charge in [-0.15, -0.1) is 5.10 Å². The Morgan fingerprint density at radius 1 is 1.28 bits per heavy atom. The minimum Gasteiger partial charge on any atom is -0.342 e. The molecule has 29 heavy (non-hydrogen) atoms. The van der Waals surface area contributed by atoms with Crippen LogP contribution in [0.5, 0.6) is 0 Å². The van der Waals surface area contributed by atoms with E-state index in [2.05, 4.69) is 31.5 Å². The molecule has 1 amide bonds. The van der Waals surface area contributed by atoms with Gasteiger partial charge in [-0.25, -0.2) is 4.68 Å². The third kappa shape index (κ3) is 5.14. The Morgan fingerprint density at radius 2 is 2.07 bits per heavy atom. The van der Waals surface area contributed by atoms with Gasteiger partial charge in [0.15, 0.2) is 0 Å². The molecular weight excluding hydrogens is 386 g/mol. The summed E-state index contributed by atoms with van der Waals surface area (Å²) in [6, 6.07) is 6.79. The van der Waals surface area contributed by atoms with E-state index < -0.39 is 0 Å². The fraction of sp³-hybridized carbons (Fsp3) is 0.650. The summed E-state index contributed by atoms with van der Waals surface area (Å²) in [5.41, 5.74) is 1.14. The largest absolute Gasteiger partial charge is 0.342 e. The fourth-order valence-corrected chi connectivity index (χ4v) is 4.80. The Morgan fingerprint density at radius 3 is 2.76 bits per heavy atom. The van der Waals surface area contributed by atoms with Gasteiger partial charge in [0.05, 0.1) is 11.3 Å². The summed E-state index contributed by atoms with van der Waals surface area (Å²) in [6.45, 7) is 5.03. The second kappa shape index (κ2) is 9.21. The SMILES string of the molecule is CC(Sc1nnnn1C1CC1)C(=O)N(C)C1CCN(CCc2ccccn2)CC1. The molecule has 0 bridgehead atoms. The number of piperidine rings is 1. The highest BCUT2D eigenvalue weighted by Crippen LogP contribution is 2.37. The van der Waals surface area contributed by atoms with Crippen molar-refractivity contribution in [2.75, 3.05) is 26.7 Å². The molecule has 3 heterocycles. The van der Waals surface area contributed by atoms with Crippen LogP contribution >= 0.6 is 11.8 Å². The molecule has 2 aromatic heterocycles. The molecule has 0 N–H and O–H groups in total. The summed E-state index contributed by atoms with van der Waals surface area (Å²) in [7, 11) is 1.94. The lowest BCUT2D eigenvalue weighted by Crippen LogP contribution is -2.47. The maximum atomic E-state index is 13.0. The van der Waals surface area contributed by atoms with Gasteiger partial charge >= 0.3 is 0 Å². The Labute approximate surface area is 176 Å². The molecule has 1 atom stereocenters.